The molecule has 0 atom stereocenters. The minimum atomic E-state index is -0.382. The molecule has 3 nitrogen and oxygen atoms in total. The molecule has 0 radical (unpaired) electrons. The van der Waals surface area contributed by atoms with Crippen LogP contribution in [0.1, 0.15) is 34.6 Å². The first kappa shape index (κ1) is 12.7. The van der Waals surface area contributed by atoms with Gasteiger partial charge in [0.15, 0.2) is 0 Å². The smallest absolute Gasteiger partial charge is 0.410 e. The predicted molar refractivity (Wildman–Crippen MR) is 64.3 cm³/mol. The van der Waals surface area contributed by atoms with Gasteiger partial charge in [0.05, 0.1) is 0 Å². The zero-order valence-corrected chi connectivity index (χ0v) is 11.1. The number of nitrogens with zero attached hydrogens (tertiary/aromatic N) is 1. The van der Waals surface area contributed by atoms with E-state index in [4.69, 9.17) is 4.74 Å². The molecule has 0 aliphatic carbocycles. The Labute approximate surface area is 96.5 Å². The van der Waals surface area contributed by atoms with E-state index in [-0.39, 0.29) is 11.7 Å². The first-order chi connectivity index (χ1) is 6.78. The van der Waals surface area contributed by atoms with Crippen LogP contribution in [0.3, 0.4) is 0 Å². The third kappa shape index (κ3) is 4.33. The Bertz CT molecular complexity index is 229. The molecule has 88 valence electrons. The second-order valence-electron chi connectivity index (χ2n) is 5.19. The van der Waals surface area contributed by atoms with Gasteiger partial charge in [-0.3, -0.25) is 0 Å². The van der Waals surface area contributed by atoms with Crippen LogP contribution in [0.2, 0.25) is 0 Å². The van der Waals surface area contributed by atoms with Crippen molar-refractivity contribution in [2.75, 3.05) is 13.1 Å². The molecule has 0 saturated carbocycles. The zero-order valence-electron chi connectivity index (χ0n) is 10.2. The Hall–Kier alpha value is -0.380. The average Bonchev–Trinajstić information content (AvgIpc) is 1.91. The normalized spacial score (nSPS) is 17.9. The van der Waals surface area contributed by atoms with E-state index >= 15 is 0 Å². The Morgan fingerprint density at radius 1 is 1.40 bits per heavy atom. The molecule has 1 aliphatic heterocycles. The highest BCUT2D eigenvalue weighted by Gasteiger charge is 2.34. The molecule has 0 aromatic rings. The molecule has 0 bridgehead atoms. The van der Waals surface area contributed by atoms with Gasteiger partial charge >= 0.3 is 6.09 Å². The molecular weight excluding hydrogens is 210 g/mol. The Kier molecular flexibility index (Phi) is 3.93. The highest BCUT2D eigenvalue weighted by molar-refractivity contribution is 8.00. The van der Waals surface area contributed by atoms with Gasteiger partial charge in [0.25, 0.3) is 0 Å². The van der Waals surface area contributed by atoms with Crippen molar-refractivity contribution in [3.63, 3.8) is 0 Å². The van der Waals surface area contributed by atoms with Crippen LogP contribution >= 0.6 is 11.8 Å². The van der Waals surface area contributed by atoms with Crippen LogP contribution in [0, 0.1) is 0 Å². The van der Waals surface area contributed by atoms with Crippen molar-refractivity contribution < 1.29 is 9.53 Å². The van der Waals surface area contributed by atoms with E-state index in [0.717, 1.165) is 13.1 Å². The van der Waals surface area contributed by atoms with Crippen molar-refractivity contribution in [2.24, 2.45) is 0 Å². The fourth-order valence-electron chi connectivity index (χ4n) is 1.38. The SMILES string of the molecule is CC(C)SC1CN(C(=O)OC(C)(C)C)C1. The zero-order chi connectivity index (χ0) is 11.6. The molecule has 1 amide bonds. The lowest BCUT2D eigenvalue weighted by atomic mass is 10.2. The van der Waals surface area contributed by atoms with Gasteiger partial charge in [-0.15, -0.1) is 0 Å². The van der Waals surface area contributed by atoms with E-state index in [1.54, 1.807) is 4.90 Å². The van der Waals surface area contributed by atoms with Gasteiger partial charge in [-0.05, 0) is 26.0 Å². The molecule has 0 unspecified atom stereocenters. The number of rotatable bonds is 2. The maximum absolute atomic E-state index is 11.6. The first-order valence-electron chi connectivity index (χ1n) is 5.41. The van der Waals surface area contributed by atoms with Crippen LogP contribution in [0.5, 0.6) is 0 Å². The van der Waals surface area contributed by atoms with Crippen LogP contribution in [-0.2, 0) is 4.74 Å². The minimum Gasteiger partial charge on any atom is -0.444 e. The Morgan fingerprint density at radius 3 is 2.33 bits per heavy atom. The summed E-state index contributed by atoms with van der Waals surface area (Å²) in [6, 6.07) is 0. The summed E-state index contributed by atoms with van der Waals surface area (Å²) in [5.74, 6) is 0. The van der Waals surface area contributed by atoms with Crippen molar-refractivity contribution in [3.8, 4) is 0 Å². The molecule has 15 heavy (non-hydrogen) atoms. The van der Waals surface area contributed by atoms with Crippen LogP contribution in [0.25, 0.3) is 0 Å². The monoisotopic (exact) mass is 231 g/mol. The molecule has 0 N–H and O–H groups in total. The maximum Gasteiger partial charge on any atom is 0.410 e. The molecule has 1 heterocycles. The second kappa shape index (κ2) is 4.64. The van der Waals surface area contributed by atoms with Gasteiger partial charge in [0, 0.05) is 18.3 Å². The molecule has 4 heteroatoms. The average molecular weight is 231 g/mol. The summed E-state index contributed by atoms with van der Waals surface area (Å²) in [6.45, 7) is 11.7. The summed E-state index contributed by atoms with van der Waals surface area (Å²) in [4.78, 5) is 13.3. The number of carbonyl (C=O) groups is 1. The molecule has 0 aromatic carbocycles. The number of likely N-dealkylation sites (tertiary alicyclic amines) is 1. The van der Waals surface area contributed by atoms with Crippen LogP contribution in [0.4, 0.5) is 4.79 Å². The van der Waals surface area contributed by atoms with Crippen molar-refractivity contribution >= 4 is 17.9 Å². The van der Waals surface area contributed by atoms with Crippen molar-refractivity contribution in [1.29, 1.82) is 0 Å². The summed E-state index contributed by atoms with van der Waals surface area (Å²) in [5, 5.41) is 1.23. The number of amides is 1. The lowest BCUT2D eigenvalue weighted by Crippen LogP contribution is -2.53. The van der Waals surface area contributed by atoms with Gasteiger partial charge in [-0.25, -0.2) is 4.79 Å². The molecule has 1 fully saturated rings. The highest BCUT2D eigenvalue weighted by Crippen LogP contribution is 2.27. The quantitative estimate of drug-likeness (QED) is 0.732. The molecule has 1 rings (SSSR count). The van der Waals surface area contributed by atoms with E-state index < -0.39 is 0 Å². The van der Waals surface area contributed by atoms with E-state index in [9.17, 15) is 4.79 Å². The predicted octanol–water partition coefficient (Wildman–Crippen LogP) is 2.75. The first-order valence-corrected chi connectivity index (χ1v) is 6.35. The summed E-state index contributed by atoms with van der Waals surface area (Å²) in [5.41, 5.74) is -0.382. The van der Waals surface area contributed by atoms with Crippen molar-refractivity contribution in [1.82, 2.24) is 4.90 Å². The van der Waals surface area contributed by atoms with Gasteiger partial charge < -0.3 is 9.64 Å². The number of hydrogen-bond donors (Lipinski definition) is 0. The van der Waals surface area contributed by atoms with E-state index in [0.29, 0.717) is 10.5 Å². The summed E-state index contributed by atoms with van der Waals surface area (Å²) in [6.07, 6.45) is -0.178. The molecular formula is C11H21NO2S. The largest absolute Gasteiger partial charge is 0.444 e. The van der Waals surface area contributed by atoms with Crippen LogP contribution in [-0.4, -0.2) is 40.2 Å². The standard InChI is InChI=1S/C11H21NO2S/c1-8(2)15-9-6-12(7-9)10(13)14-11(3,4)5/h8-9H,6-7H2,1-5H3. The molecule has 0 aromatic heterocycles. The van der Waals surface area contributed by atoms with Crippen LogP contribution < -0.4 is 0 Å². The number of hydrogen-bond acceptors (Lipinski definition) is 3. The van der Waals surface area contributed by atoms with Crippen molar-refractivity contribution in [2.45, 2.75) is 50.7 Å². The molecule has 1 saturated heterocycles. The summed E-state index contributed by atoms with van der Waals surface area (Å²) in [7, 11) is 0. The number of carbonyl (C=O) groups excluding carboxylic acids is 1. The van der Waals surface area contributed by atoms with Crippen molar-refractivity contribution in [3.05, 3.63) is 0 Å². The fraction of sp³-hybridized carbons (Fsp3) is 0.909. The minimum absolute atomic E-state index is 0.178. The van der Waals surface area contributed by atoms with Gasteiger partial charge in [0.2, 0.25) is 0 Å². The van der Waals surface area contributed by atoms with Gasteiger partial charge in [-0.1, -0.05) is 13.8 Å². The van der Waals surface area contributed by atoms with Gasteiger partial charge in [-0.2, -0.15) is 11.8 Å². The lowest BCUT2D eigenvalue weighted by molar-refractivity contribution is 0.0143. The summed E-state index contributed by atoms with van der Waals surface area (Å²) >= 11 is 1.93. The number of ether oxygens (including phenoxy) is 1. The lowest BCUT2D eigenvalue weighted by Gasteiger charge is -2.40. The van der Waals surface area contributed by atoms with Crippen LogP contribution in [0.15, 0.2) is 0 Å². The highest BCUT2D eigenvalue weighted by atomic mass is 32.2. The second-order valence-corrected chi connectivity index (χ2v) is 7.07. The third-order valence-corrected chi connectivity index (χ3v) is 3.19. The molecule has 1 aliphatic rings. The third-order valence-electron chi connectivity index (χ3n) is 1.96. The Morgan fingerprint density at radius 2 is 1.93 bits per heavy atom. The van der Waals surface area contributed by atoms with E-state index in [2.05, 4.69) is 13.8 Å². The maximum atomic E-state index is 11.6. The number of thioether (sulfide) groups is 1. The fourth-order valence-corrected chi connectivity index (χ4v) is 2.69. The molecule has 0 spiro atoms. The topological polar surface area (TPSA) is 29.5 Å². The summed E-state index contributed by atoms with van der Waals surface area (Å²) < 4.78 is 5.27. The van der Waals surface area contributed by atoms with E-state index in [1.165, 1.54) is 0 Å². The Balaban J connectivity index is 2.24. The van der Waals surface area contributed by atoms with Gasteiger partial charge in [0.1, 0.15) is 5.60 Å². The van der Waals surface area contributed by atoms with E-state index in [1.807, 2.05) is 32.5 Å².